The van der Waals surface area contributed by atoms with Crippen LogP contribution in [0.4, 0.5) is 0 Å². The van der Waals surface area contributed by atoms with Crippen LogP contribution in [-0.2, 0) is 0 Å². The van der Waals surface area contributed by atoms with Crippen molar-refractivity contribution in [3.05, 3.63) is 30.6 Å². The molecular weight excluding hydrogens is 212 g/mol. The van der Waals surface area contributed by atoms with Crippen molar-refractivity contribution in [1.82, 2.24) is 19.8 Å². The highest BCUT2D eigenvalue weighted by Crippen LogP contribution is 2.26. The van der Waals surface area contributed by atoms with Gasteiger partial charge in [-0.05, 0) is 12.1 Å². The van der Waals surface area contributed by atoms with Crippen molar-refractivity contribution in [1.29, 1.82) is 0 Å². The number of nitrogens with zero attached hydrogens (tertiary/aromatic N) is 4. The molecule has 0 saturated heterocycles. The van der Waals surface area contributed by atoms with Crippen LogP contribution in [0.25, 0.3) is 15.5 Å². The van der Waals surface area contributed by atoms with E-state index in [0.29, 0.717) is 0 Å². The zero-order valence-corrected chi connectivity index (χ0v) is 8.35. The summed E-state index contributed by atoms with van der Waals surface area (Å²) in [6.45, 7) is 0. The molecule has 0 amide bonds. The summed E-state index contributed by atoms with van der Waals surface area (Å²) in [5.41, 5.74) is 0.880. The molecule has 3 aromatic rings. The van der Waals surface area contributed by atoms with Gasteiger partial charge in [0.05, 0.1) is 0 Å². The van der Waals surface area contributed by atoms with Crippen LogP contribution in [0.3, 0.4) is 0 Å². The fraction of sp³-hybridized carbons (Fsp3) is 0. The number of benzene rings is 1. The summed E-state index contributed by atoms with van der Waals surface area (Å²) in [6, 6.07) is 6.98. The molecule has 0 unspecified atom stereocenters. The van der Waals surface area contributed by atoms with Crippen molar-refractivity contribution in [2.75, 3.05) is 0 Å². The fourth-order valence-corrected chi connectivity index (χ4v) is 2.13. The van der Waals surface area contributed by atoms with Crippen molar-refractivity contribution in [3.8, 4) is 16.3 Å². The number of phenols is 1. The summed E-state index contributed by atoms with van der Waals surface area (Å²) in [7, 11) is 0. The van der Waals surface area contributed by atoms with Gasteiger partial charge in [0.2, 0.25) is 4.96 Å². The first kappa shape index (κ1) is 8.37. The topological polar surface area (TPSA) is 63.3 Å². The van der Waals surface area contributed by atoms with Crippen LogP contribution < -0.4 is 0 Å². The number of hydrogen-bond donors (Lipinski definition) is 1. The number of hydrogen-bond acceptors (Lipinski definition) is 5. The maximum atomic E-state index is 9.34. The van der Waals surface area contributed by atoms with E-state index in [1.54, 1.807) is 29.0 Å². The molecule has 0 fully saturated rings. The summed E-state index contributed by atoms with van der Waals surface area (Å²) < 4.78 is 1.62. The molecule has 15 heavy (non-hydrogen) atoms. The number of phenolic OH excluding ortho intramolecular Hbond substituents is 1. The van der Waals surface area contributed by atoms with Gasteiger partial charge in [-0.2, -0.15) is 9.61 Å². The van der Waals surface area contributed by atoms with Gasteiger partial charge in [-0.25, -0.2) is 0 Å². The highest BCUT2D eigenvalue weighted by atomic mass is 32.1. The van der Waals surface area contributed by atoms with E-state index in [0.717, 1.165) is 15.5 Å². The van der Waals surface area contributed by atoms with E-state index in [1.807, 2.05) is 6.07 Å². The summed E-state index contributed by atoms with van der Waals surface area (Å²) in [6.07, 6.45) is 1.55. The molecule has 0 saturated carbocycles. The van der Waals surface area contributed by atoms with Crippen LogP contribution in [0.1, 0.15) is 0 Å². The lowest BCUT2D eigenvalue weighted by Gasteiger charge is -1.95. The minimum atomic E-state index is 0.235. The highest BCUT2D eigenvalue weighted by Gasteiger charge is 2.07. The van der Waals surface area contributed by atoms with E-state index >= 15 is 0 Å². The van der Waals surface area contributed by atoms with Gasteiger partial charge in [-0.15, -0.1) is 10.2 Å². The van der Waals surface area contributed by atoms with Crippen LogP contribution in [0, 0.1) is 0 Å². The molecule has 2 aromatic heterocycles. The molecule has 0 aliphatic carbocycles. The average molecular weight is 218 g/mol. The maximum Gasteiger partial charge on any atom is 0.234 e. The molecule has 74 valence electrons. The van der Waals surface area contributed by atoms with Crippen LogP contribution in [0.2, 0.25) is 0 Å². The van der Waals surface area contributed by atoms with E-state index in [9.17, 15) is 5.11 Å². The SMILES string of the molecule is Oc1cccc(-c2nn3cnnc3s2)c1. The molecule has 0 aliphatic rings. The first-order valence-corrected chi connectivity index (χ1v) is 5.11. The largest absolute Gasteiger partial charge is 0.508 e. The number of rotatable bonds is 1. The Balaban J connectivity index is 2.17. The Kier molecular flexibility index (Phi) is 1.69. The Hall–Kier alpha value is -1.95. The van der Waals surface area contributed by atoms with Crippen molar-refractivity contribution in [2.24, 2.45) is 0 Å². The Labute approximate surface area is 88.6 Å². The van der Waals surface area contributed by atoms with Gasteiger partial charge in [0.25, 0.3) is 0 Å². The fourth-order valence-electron chi connectivity index (χ4n) is 1.32. The van der Waals surface area contributed by atoms with Crippen molar-refractivity contribution < 1.29 is 5.11 Å². The Morgan fingerprint density at radius 2 is 2.27 bits per heavy atom. The normalized spacial score (nSPS) is 10.9. The zero-order chi connectivity index (χ0) is 10.3. The van der Waals surface area contributed by atoms with Gasteiger partial charge in [-0.3, -0.25) is 0 Å². The van der Waals surface area contributed by atoms with Crippen molar-refractivity contribution in [3.63, 3.8) is 0 Å². The number of fused-ring (bicyclic) bond motifs is 1. The van der Waals surface area contributed by atoms with Crippen LogP contribution in [0.5, 0.6) is 5.75 Å². The van der Waals surface area contributed by atoms with Gasteiger partial charge in [-0.1, -0.05) is 23.5 Å². The molecule has 1 N–H and O–H groups in total. The summed E-state index contributed by atoms with van der Waals surface area (Å²) >= 11 is 1.43. The minimum Gasteiger partial charge on any atom is -0.508 e. The molecule has 2 heterocycles. The van der Waals surface area contributed by atoms with Crippen LogP contribution in [-0.4, -0.2) is 24.9 Å². The van der Waals surface area contributed by atoms with Gasteiger partial charge >= 0.3 is 0 Å². The third-order valence-corrected chi connectivity index (χ3v) is 2.94. The zero-order valence-electron chi connectivity index (χ0n) is 7.53. The number of aromatic hydroxyl groups is 1. The first-order valence-electron chi connectivity index (χ1n) is 4.29. The van der Waals surface area contributed by atoms with Gasteiger partial charge in [0.1, 0.15) is 17.1 Å². The predicted molar refractivity (Wildman–Crippen MR) is 55.8 cm³/mol. The Morgan fingerprint density at radius 3 is 3.07 bits per heavy atom. The van der Waals surface area contributed by atoms with Gasteiger partial charge < -0.3 is 5.11 Å². The molecule has 0 spiro atoms. The van der Waals surface area contributed by atoms with Crippen LogP contribution in [0.15, 0.2) is 30.6 Å². The quantitative estimate of drug-likeness (QED) is 0.673. The Bertz CT molecular complexity index is 587. The van der Waals surface area contributed by atoms with E-state index in [2.05, 4.69) is 15.3 Å². The van der Waals surface area contributed by atoms with Crippen LogP contribution >= 0.6 is 11.3 Å². The smallest absolute Gasteiger partial charge is 0.234 e. The van der Waals surface area contributed by atoms with Gasteiger partial charge in [0.15, 0.2) is 0 Å². The molecule has 3 rings (SSSR count). The first-order chi connectivity index (χ1) is 7.33. The lowest BCUT2D eigenvalue weighted by Crippen LogP contribution is -1.81. The standard InChI is InChI=1S/C9H6N4OS/c14-7-3-1-2-6(4-7)8-12-13-5-10-11-9(13)15-8/h1-5,14H. The van der Waals surface area contributed by atoms with Crippen molar-refractivity contribution >= 4 is 16.3 Å². The monoisotopic (exact) mass is 218 g/mol. The third kappa shape index (κ3) is 1.35. The maximum absolute atomic E-state index is 9.34. The van der Waals surface area contributed by atoms with E-state index in [4.69, 9.17) is 0 Å². The van der Waals surface area contributed by atoms with E-state index in [-0.39, 0.29) is 5.75 Å². The lowest BCUT2D eigenvalue weighted by molar-refractivity contribution is 0.475. The molecule has 1 aromatic carbocycles. The second-order valence-electron chi connectivity index (χ2n) is 3.02. The Morgan fingerprint density at radius 1 is 1.33 bits per heavy atom. The second-order valence-corrected chi connectivity index (χ2v) is 3.97. The molecule has 0 atom stereocenters. The highest BCUT2D eigenvalue weighted by molar-refractivity contribution is 7.19. The number of aromatic nitrogens is 4. The predicted octanol–water partition coefficient (Wildman–Crippen LogP) is 1.56. The van der Waals surface area contributed by atoms with E-state index < -0.39 is 0 Å². The molecular formula is C9H6N4OS. The molecule has 6 heteroatoms. The summed E-state index contributed by atoms with van der Waals surface area (Å²) in [4.78, 5) is 0.744. The van der Waals surface area contributed by atoms with Crippen molar-refractivity contribution in [2.45, 2.75) is 0 Å². The summed E-state index contributed by atoms with van der Waals surface area (Å²) in [5, 5.41) is 22.1. The molecule has 5 nitrogen and oxygen atoms in total. The van der Waals surface area contributed by atoms with Gasteiger partial charge in [0, 0.05) is 5.56 Å². The average Bonchev–Trinajstić information content (AvgIpc) is 2.76. The van der Waals surface area contributed by atoms with E-state index in [1.165, 1.54) is 11.3 Å². The summed E-state index contributed by atoms with van der Waals surface area (Å²) in [5.74, 6) is 0.235. The molecule has 0 bridgehead atoms. The minimum absolute atomic E-state index is 0.235. The second kappa shape index (κ2) is 3.03. The third-order valence-electron chi connectivity index (χ3n) is 1.98. The molecule has 0 radical (unpaired) electrons. The molecule has 0 aliphatic heterocycles. The lowest BCUT2D eigenvalue weighted by atomic mass is 10.2.